The Bertz CT molecular complexity index is 600. The molecule has 0 unspecified atom stereocenters. The number of imidazole rings is 1. The second kappa shape index (κ2) is 4.97. The SMILES string of the molecule is CCOC(=O)c1c(C(F)F)nc2ncc(Br)cn12. The molecule has 0 atom stereocenters. The molecule has 0 radical (unpaired) electrons. The number of carbonyl (C=O) groups is 1. The maximum absolute atomic E-state index is 12.8. The van der Waals surface area contributed by atoms with Crippen molar-refractivity contribution in [3.05, 3.63) is 28.3 Å². The van der Waals surface area contributed by atoms with E-state index in [4.69, 9.17) is 4.74 Å². The van der Waals surface area contributed by atoms with Gasteiger partial charge < -0.3 is 4.74 Å². The Morgan fingerprint density at radius 3 is 2.94 bits per heavy atom. The van der Waals surface area contributed by atoms with Gasteiger partial charge in [-0.3, -0.25) is 4.40 Å². The summed E-state index contributed by atoms with van der Waals surface area (Å²) in [5.41, 5.74) is -0.922. The highest BCUT2D eigenvalue weighted by molar-refractivity contribution is 9.10. The number of halogens is 3. The van der Waals surface area contributed by atoms with Gasteiger partial charge in [-0.05, 0) is 22.9 Å². The van der Waals surface area contributed by atoms with Gasteiger partial charge in [0, 0.05) is 12.4 Å². The van der Waals surface area contributed by atoms with Gasteiger partial charge in [0.1, 0.15) is 5.69 Å². The fraction of sp³-hybridized carbons (Fsp3) is 0.300. The first-order chi connectivity index (χ1) is 8.54. The van der Waals surface area contributed by atoms with E-state index in [0.29, 0.717) is 4.47 Å². The van der Waals surface area contributed by atoms with Crippen LogP contribution in [0.3, 0.4) is 0 Å². The molecular weight excluding hydrogens is 312 g/mol. The number of aromatic nitrogens is 3. The van der Waals surface area contributed by atoms with Crippen LogP contribution in [-0.2, 0) is 4.74 Å². The molecule has 18 heavy (non-hydrogen) atoms. The maximum atomic E-state index is 12.8. The Labute approximate surface area is 109 Å². The number of nitrogens with zero attached hydrogens (tertiary/aromatic N) is 3. The van der Waals surface area contributed by atoms with Crippen molar-refractivity contribution >= 4 is 27.7 Å². The zero-order chi connectivity index (χ0) is 13.3. The van der Waals surface area contributed by atoms with Crippen molar-refractivity contribution < 1.29 is 18.3 Å². The Kier molecular flexibility index (Phi) is 3.55. The third-order valence-electron chi connectivity index (χ3n) is 2.15. The van der Waals surface area contributed by atoms with Crippen LogP contribution >= 0.6 is 15.9 Å². The van der Waals surface area contributed by atoms with Crippen LogP contribution in [0.5, 0.6) is 0 Å². The topological polar surface area (TPSA) is 56.5 Å². The van der Waals surface area contributed by atoms with E-state index in [1.807, 2.05) is 0 Å². The van der Waals surface area contributed by atoms with Crippen LogP contribution in [0.1, 0.15) is 29.5 Å². The van der Waals surface area contributed by atoms with Crippen molar-refractivity contribution in [2.24, 2.45) is 0 Å². The average molecular weight is 320 g/mol. The van der Waals surface area contributed by atoms with E-state index in [1.165, 1.54) is 16.8 Å². The van der Waals surface area contributed by atoms with Gasteiger partial charge in [-0.1, -0.05) is 0 Å². The van der Waals surface area contributed by atoms with E-state index in [2.05, 4.69) is 25.9 Å². The molecule has 0 aliphatic heterocycles. The van der Waals surface area contributed by atoms with Crippen molar-refractivity contribution in [2.75, 3.05) is 6.61 Å². The molecule has 8 heteroatoms. The largest absolute Gasteiger partial charge is 0.461 e. The van der Waals surface area contributed by atoms with Crippen molar-refractivity contribution in [3.63, 3.8) is 0 Å². The summed E-state index contributed by atoms with van der Waals surface area (Å²) in [5.74, 6) is -0.822. The van der Waals surface area contributed by atoms with Crippen molar-refractivity contribution in [3.8, 4) is 0 Å². The van der Waals surface area contributed by atoms with Gasteiger partial charge in [-0.2, -0.15) is 0 Å². The molecule has 0 bridgehead atoms. The Morgan fingerprint density at radius 1 is 1.61 bits per heavy atom. The summed E-state index contributed by atoms with van der Waals surface area (Å²) < 4.78 is 32.2. The molecule has 5 nitrogen and oxygen atoms in total. The number of carbonyl (C=O) groups excluding carboxylic acids is 1. The summed E-state index contributed by atoms with van der Waals surface area (Å²) in [5, 5.41) is 0. The smallest absolute Gasteiger partial charge is 0.357 e. The minimum atomic E-state index is -2.87. The molecule has 0 aliphatic rings. The van der Waals surface area contributed by atoms with Crippen molar-refractivity contribution in [2.45, 2.75) is 13.3 Å². The Hall–Kier alpha value is -1.57. The highest BCUT2D eigenvalue weighted by Gasteiger charge is 2.26. The van der Waals surface area contributed by atoms with E-state index in [-0.39, 0.29) is 18.1 Å². The van der Waals surface area contributed by atoms with Crippen LogP contribution in [0.4, 0.5) is 8.78 Å². The third kappa shape index (κ3) is 2.20. The maximum Gasteiger partial charge on any atom is 0.357 e. The van der Waals surface area contributed by atoms with Crippen molar-refractivity contribution in [1.82, 2.24) is 14.4 Å². The first-order valence-electron chi connectivity index (χ1n) is 5.03. The molecule has 0 N–H and O–H groups in total. The van der Waals surface area contributed by atoms with Gasteiger partial charge in [0.15, 0.2) is 5.69 Å². The molecule has 2 aromatic rings. The van der Waals surface area contributed by atoms with Gasteiger partial charge in [-0.15, -0.1) is 0 Å². The third-order valence-corrected chi connectivity index (χ3v) is 2.56. The molecule has 0 saturated carbocycles. The summed E-state index contributed by atoms with van der Waals surface area (Å²) in [4.78, 5) is 19.2. The number of fused-ring (bicyclic) bond motifs is 1. The second-order valence-corrected chi connectivity index (χ2v) is 4.22. The minimum absolute atomic E-state index is 0.0246. The van der Waals surface area contributed by atoms with Gasteiger partial charge in [0.2, 0.25) is 5.78 Å². The summed E-state index contributed by atoms with van der Waals surface area (Å²) in [6, 6.07) is 0. The molecule has 0 aliphatic carbocycles. The minimum Gasteiger partial charge on any atom is -0.461 e. The van der Waals surface area contributed by atoms with E-state index in [9.17, 15) is 13.6 Å². The molecule has 2 heterocycles. The molecule has 2 aromatic heterocycles. The van der Waals surface area contributed by atoms with Crippen LogP contribution in [0, 0.1) is 0 Å². The quantitative estimate of drug-likeness (QED) is 0.816. The highest BCUT2D eigenvalue weighted by atomic mass is 79.9. The molecule has 0 aromatic carbocycles. The molecule has 96 valence electrons. The molecular formula is C10H8BrF2N3O2. The van der Waals surface area contributed by atoms with Crippen molar-refractivity contribution in [1.29, 1.82) is 0 Å². The number of ether oxygens (including phenoxy) is 1. The number of esters is 1. The second-order valence-electron chi connectivity index (χ2n) is 3.31. The Morgan fingerprint density at radius 2 is 2.33 bits per heavy atom. The highest BCUT2D eigenvalue weighted by Crippen LogP contribution is 2.24. The summed E-state index contributed by atoms with van der Waals surface area (Å²) in [6.07, 6.45) is -0.0233. The summed E-state index contributed by atoms with van der Waals surface area (Å²) in [7, 11) is 0. The van der Waals surface area contributed by atoms with Crippen LogP contribution < -0.4 is 0 Å². The van der Waals surface area contributed by atoms with Gasteiger partial charge in [0.25, 0.3) is 6.43 Å². The first kappa shape index (κ1) is 12.9. The predicted molar refractivity (Wildman–Crippen MR) is 61.6 cm³/mol. The van der Waals surface area contributed by atoms with Gasteiger partial charge in [0.05, 0.1) is 11.1 Å². The van der Waals surface area contributed by atoms with E-state index >= 15 is 0 Å². The van der Waals surface area contributed by atoms with Gasteiger partial charge in [-0.25, -0.2) is 23.5 Å². The molecule has 0 spiro atoms. The fourth-order valence-corrected chi connectivity index (χ4v) is 1.79. The molecule has 2 rings (SSSR count). The molecule has 0 fully saturated rings. The summed E-state index contributed by atoms with van der Waals surface area (Å²) in [6.45, 7) is 1.69. The van der Waals surface area contributed by atoms with Gasteiger partial charge >= 0.3 is 5.97 Å². The fourth-order valence-electron chi connectivity index (χ4n) is 1.48. The number of rotatable bonds is 3. The predicted octanol–water partition coefficient (Wildman–Crippen LogP) is 2.61. The number of hydrogen-bond donors (Lipinski definition) is 0. The lowest BCUT2D eigenvalue weighted by Crippen LogP contribution is -2.11. The Balaban J connectivity index is 2.68. The zero-order valence-corrected chi connectivity index (χ0v) is 10.8. The zero-order valence-electron chi connectivity index (χ0n) is 9.23. The molecule has 0 amide bonds. The van der Waals surface area contributed by atoms with Crippen LogP contribution in [0.2, 0.25) is 0 Å². The van der Waals surface area contributed by atoms with Crippen LogP contribution in [-0.4, -0.2) is 26.9 Å². The number of alkyl halides is 2. The summed E-state index contributed by atoms with van der Waals surface area (Å²) >= 11 is 3.15. The standard InChI is InChI=1S/C10H8BrF2N3O2/c1-2-18-9(17)7-6(8(12)13)15-10-14-3-5(11)4-16(7)10/h3-4,8H,2H2,1H3. The monoisotopic (exact) mass is 319 g/mol. The van der Waals surface area contributed by atoms with E-state index < -0.39 is 18.1 Å². The first-order valence-corrected chi connectivity index (χ1v) is 5.82. The molecule has 0 saturated heterocycles. The van der Waals surface area contributed by atoms with E-state index in [0.717, 1.165) is 0 Å². The van der Waals surface area contributed by atoms with Crippen LogP contribution in [0.15, 0.2) is 16.9 Å². The van der Waals surface area contributed by atoms with Crippen LogP contribution in [0.25, 0.3) is 5.78 Å². The average Bonchev–Trinajstić information content (AvgIpc) is 2.67. The lowest BCUT2D eigenvalue weighted by molar-refractivity contribution is 0.0506. The number of hydrogen-bond acceptors (Lipinski definition) is 4. The lowest BCUT2D eigenvalue weighted by atomic mass is 10.3. The lowest BCUT2D eigenvalue weighted by Gasteiger charge is -2.03. The normalized spacial score (nSPS) is 11.2. The van der Waals surface area contributed by atoms with E-state index in [1.54, 1.807) is 6.92 Å².